The Hall–Kier alpha value is -1.95. The topological polar surface area (TPSA) is 54.1 Å². The van der Waals surface area contributed by atoms with Gasteiger partial charge in [0.2, 0.25) is 0 Å². The lowest BCUT2D eigenvalue weighted by atomic mass is 10.0. The third-order valence-electron chi connectivity index (χ3n) is 4.55. The molecule has 0 aromatic heterocycles. The Balaban J connectivity index is 1.84. The summed E-state index contributed by atoms with van der Waals surface area (Å²) in [5, 5.41) is 17.8. The van der Waals surface area contributed by atoms with E-state index in [4.69, 9.17) is 10.5 Å². The maximum atomic E-state index is 13.4. The standard InChI is InChI=1S/C18H23FN4/c1-15(17-5-2-6-18(19)12-17)23-10-8-22(9-11-23)14-16(13-21)4-3-7-20/h2,5-6,12,15-16H,3-4,8-11,14H2,1H3/t15-,16+/m1/s1. The number of rotatable bonds is 6. The van der Waals surface area contributed by atoms with Crippen LogP contribution in [0.5, 0.6) is 0 Å². The average Bonchev–Trinajstić information content (AvgIpc) is 2.58. The largest absolute Gasteiger partial charge is 0.299 e. The summed E-state index contributed by atoms with van der Waals surface area (Å²) < 4.78 is 13.4. The molecule has 2 rings (SSSR count). The fraction of sp³-hybridized carbons (Fsp3) is 0.556. The first kappa shape index (κ1) is 17.4. The van der Waals surface area contributed by atoms with E-state index < -0.39 is 0 Å². The van der Waals surface area contributed by atoms with Gasteiger partial charge in [-0.25, -0.2) is 4.39 Å². The zero-order valence-electron chi connectivity index (χ0n) is 13.6. The van der Waals surface area contributed by atoms with E-state index in [1.54, 1.807) is 12.1 Å². The molecule has 1 fully saturated rings. The van der Waals surface area contributed by atoms with E-state index in [0.717, 1.165) is 38.3 Å². The van der Waals surface area contributed by atoms with Gasteiger partial charge in [-0.2, -0.15) is 10.5 Å². The third-order valence-corrected chi connectivity index (χ3v) is 4.55. The summed E-state index contributed by atoms with van der Waals surface area (Å²) in [6.45, 7) is 6.48. The minimum absolute atomic E-state index is 0.0677. The second-order valence-electron chi connectivity index (χ2n) is 6.09. The maximum Gasteiger partial charge on any atom is 0.123 e. The van der Waals surface area contributed by atoms with Crippen molar-refractivity contribution < 1.29 is 4.39 Å². The molecule has 1 heterocycles. The molecule has 0 unspecified atom stereocenters. The zero-order valence-corrected chi connectivity index (χ0v) is 13.6. The molecule has 122 valence electrons. The Morgan fingerprint density at radius 2 is 1.96 bits per heavy atom. The van der Waals surface area contributed by atoms with Gasteiger partial charge in [0.05, 0.1) is 18.1 Å². The molecule has 2 atom stereocenters. The van der Waals surface area contributed by atoms with Crippen LogP contribution >= 0.6 is 0 Å². The molecule has 0 saturated carbocycles. The van der Waals surface area contributed by atoms with Gasteiger partial charge in [-0.3, -0.25) is 9.80 Å². The molecular weight excluding hydrogens is 291 g/mol. The summed E-state index contributed by atoms with van der Waals surface area (Å²) >= 11 is 0. The molecule has 0 radical (unpaired) electrons. The van der Waals surface area contributed by atoms with Gasteiger partial charge in [0.1, 0.15) is 5.82 Å². The van der Waals surface area contributed by atoms with Crippen molar-refractivity contribution in [2.45, 2.75) is 25.8 Å². The SMILES string of the molecule is C[C@H](c1cccc(F)c1)N1CCN(C[C@H](C#N)CCC#N)CC1. The van der Waals surface area contributed by atoms with Crippen LogP contribution in [0.3, 0.4) is 0 Å². The number of hydrogen-bond donors (Lipinski definition) is 0. The summed E-state index contributed by atoms with van der Waals surface area (Å²) in [5.41, 5.74) is 1.00. The number of nitriles is 2. The quantitative estimate of drug-likeness (QED) is 0.810. The molecule has 5 heteroatoms. The molecule has 0 amide bonds. The van der Waals surface area contributed by atoms with Gasteiger partial charge >= 0.3 is 0 Å². The number of piperazine rings is 1. The molecule has 0 N–H and O–H groups in total. The van der Waals surface area contributed by atoms with Gasteiger partial charge in [-0.15, -0.1) is 0 Å². The molecule has 1 aliphatic rings. The lowest BCUT2D eigenvalue weighted by Crippen LogP contribution is -2.48. The molecule has 1 saturated heterocycles. The van der Waals surface area contributed by atoms with Gasteiger partial charge < -0.3 is 0 Å². The van der Waals surface area contributed by atoms with Crippen molar-refractivity contribution in [1.82, 2.24) is 9.80 Å². The van der Waals surface area contributed by atoms with E-state index >= 15 is 0 Å². The molecule has 0 aliphatic carbocycles. The van der Waals surface area contributed by atoms with Crippen molar-refractivity contribution in [2.24, 2.45) is 5.92 Å². The average molecular weight is 314 g/mol. The number of nitrogens with zero attached hydrogens (tertiary/aromatic N) is 4. The molecule has 23 heavy (non-hydrogen) atoms. The minimum atomic E-state index is -0.192. The van der Waals surface area contributed by atoms with E-state index in [1.165, 1.54) is 6.07 Å². The molecule has 1 aromatic rings. The predicted octanol–water partition coefficient (Wildman–Crippen LogP) is 2.95. The van der Waals surface area contributed by atoms with Crippen LogP contribution in [0.15, 0.2) is 24.3 Å². The van der Waals surface area contributed by atoms with E-state index in [-0.39, 0.29) is 17.8 Å². The maximum absolute atomic E-state index is 13.4. The van der Waals surface area contributed by atoms with Crippen molar-refractivity contribution in [3.05, 3.63) is 35.6 Å². The Bertz CT molecular complexity index is 581. The van der Waals surface area contributed by atoms with Crippen molar-refractivity contribution in [3.63, 3.8) is 0 Å². The molecular formula is C18H23FN4. The summed E-state index contributed by atoms with van der Waals surface area (Å²) in [6.07, 6.45) is 1.09. The first-order valence-corrected chi connectivity index (χ1v) is 8.12. The Morgan fingerprint density at radius 1 is 1.22 bits per heavy atom. The molecule has 0 bridgehead atoms. The van der Waals surface area contributed by atoms with Crippen LogP contribution in [0.1, 0.15) is 31.4 Å². The van der Waals surface area contributed by atoms with Gasteiger partial charge in [-0.1, -0.05) is 12.1 Å². The second kappa shape index (κ2) is 8.62. The molecule has 1 aromatic carbocycles. The lowest BCUT2D eigenvalue weighted by Gasteiger charge is -2.38. The van der Waals surface area contributed by atoms with Crippen molar-refractivity contribution >= 4 is 0 Å². The van der Waals surface area contributed by atoms with Crippen LogP contribution in [-0.4, -0.2) is 42.5 Å². The fourth-order valence-electron chi connectivity index (χ4n) is 3.06. The van der Waals surface area contributed by atoms with E-state index in [0.29, 0.717) is 12.8 Å². The number of halogens is 1. The Kier molecular flexibility index (Phi) is 6.52. The highest BCUT2D eigenvalue weighted by molar-refractivity contribution is 5.19. The first-order chi connectivity index (χ1) is 11.1. The van der Waals surface area contributed by atoms with Crippen LogP contribution in [0.25, 0.3) is 0 Å². The van der Waals surface area contributed by atoms with Crippen LogP contribution in [0.4, 0.5) is 4.39 Å². The first-order valence-electron chi connectivity index (χ1n) is 8.12. The fourth-order valence-corrected chi connectivity index (χ4v) is 3.06. The van der Waals surface area contributed by atoms with E-state index in [9.17, 15) is 4.39 Å². The summed E-state index contributed by atoms with van der Waals surface area (Å²) in [7, 11) is 0. The van der Waals surface area contributed by atoms with Gasteiger partial charge in [0, 0.05) is 45.2 Å². The second-order valence-corrected chi connectivity index (χ2v) is 6.09. The predicted molar refractivity (Wildman–Crippen MR) is 86.8 cm³/mol. The highest BCUT2D eigenvalue weighted by atomic mass is 19.1. The van der Waals surface area contributed by atoms with Crippen LogP contribution < -0.4 is 0 Å². The van der Waals surface area contributed by atoms with Crippen molar-refractivity contribution in [2.75, 3.05) is 32.7 Å². The Morgan fingerprint density at radius 3 is 2.57 bits per heavy atom. The normalized spacial score (nSPS) is 18.8. The number of hydrogen-bond acceptors (Lipinski definition) is 4. The highest BCUT2D eigenvalue weighted by Gasteiger charge is 2.23. The van der Waals surface area contributed by atoms with Gasteiger partial charge in [0.25, 0.3) is 0 Å². The number of benzene rings is 1. The monoisotopic (exact) mass is 314 g/mol. The van der Waals surface area contributed by atoms with E-state index in [1.807, 2.05) is 6.07 Å². The molecule has 4 nitrogen and oxygen atoms in total. The zero-order chi connectivity index (χ0) is 16.7. The lowest BCUT2D eigenvalue weighted by molar-refractivity contribution is 0.0954. The minimum Gasteiger partial charge on any atom is -0.299 e. The molecule has 0 spiro atoms. The summed E-state index contributed by atoms with van der Waals surface area (Å²) in [4.78, 5) is 4.64. The van der Waals surface area contributed by atoms with Gasteiger partial charge in [0.15, 0.2) is 0 Å². The van der Waals surface area contributed by atoms with Crippen molar-refractivity contribution in [1.29, 1.82) is 10.5 Å². The van der Waals surface area contributed by atoms with Crippen LogP contribution in [-0.2, 0) is 0 Å². The Labute approximate surface area is 137 Å². The van der Waals surface area contributed by atoms with Crippen LogP contribution in [0, 0.1) is 34.4 Å². The van der Waals surface area contributed by atoms with Gasteiger partial charge in [-0.05, 0) is 31.0 Å². The highest BCUT2D eigenvalue weighted by Crippen LogP contribution is 2.22. The smallest absolute Gasteiger partial charge is 0.123 e. The molecule has 1 aliphatic heterocycles. The third kappa shape index (κ3) is 5.03. The summed E-state index contributed by atoms with van der Waals surface area (Å²) in [6, 6.07) is 11.4. The van der Waals surface area contributed by atoms with Crippen LogP contribution in [0.2, 0.25) is 0 Å². The van der Waals surface area contributed by atoms with E-state index in [2.05, 4.69) is 28.9 Å². The van der Waals surface area contributed by atoms with Crippen molar-refractivity contribution in [3.8, 4) is 12.1 Å². The summed E-state index contributed by atoms with van der Waals surface area (Å²) in [5.74, 6) is -0.260.